The van der Waals surface area contributed by atoms with Crippen molar-refractivity contribution in [1.82, 2.24) is 4.90 Å². The van der Waals surface area contributed by atoms with Crippen molar-refractivity contribution in [1.29, 1.82) is 0 Å². The summed E-state index contributed by atoms with van der Waals surface area (Å²) in [6, 6.07) is -1.15. The molecule has 2 N–H and O–H groups in total. The summed E-state index contributed by atoms with van der Waals surface area (Å²) in [5.41, 5.74) is -0.718. The molecule has 1 fully saturated rings. The molecule has 19 heavy (non-hydrogen) atoms. The lowest BCUT2D eigenvalue weighted by molar-refractivity contribution is -0.150. The molecule has 2 atom stereocenters. The molecule has 0 aromatic carbocycles. The zero-order valence-corrected chi connectivity index (χ0v) is 11.3. The highest BCUT2D eigenvalue weighted by Crippen LogP contribution is 2.25. The molecule has 1 aliphatic heterocycles. The van der Waals surface area contributed by atoms with Crippen molar-refractivity contribution in [3.05, 3.63) is 0 Å². The molecule has 7 nitrogen and oxygen atoms in total. The number of likely N-dealkylation sites (tertiary alicyclic amines) is 1. The number of carboxylic acid groups (broad SMARTS) is 2. The molecule has 7 heteroatoms. The van der Waals surface area contributed by atoms with Crippen LogP contribution < -0.4 is 0 Å². The fourth-order valence-corrected chi connectivity index (χ4v) is 1.96. The van der Waals surface area contributed by atoms with Crippen LogP contribution in [0.25, 0.3) is 0 Å². The van der Waals surface area contributed by atoms with E-state index in [4.69, 9.17) is 14.9 Å². The third-order valence-corrected chi connectivity index (χ3v) is 2.86. The summed E-state index contributed by atoms with van der Waals surface area (Å²) < 4.78 is 5.13. The van der Waals surface area contributed by atoms with E-state index in [0.717, 1.165) is 4.90 Å². The number of ether oxygens (including phenoxy) is 1. The fourth-order valence-electron chi connectivity index (χ4n) is 1.96. The number of carbonyl (C=O) groups is 3. The van der Waals surface area contributed by atoms with Gasteiger partial charge in [0.05, 0.1) is 5.92 Å². The maximum absolute atomic E-state index is 11.9. The third-order valence-electron chi connectivity index (χ3n) is 2.86. The SMILES string of the molecule is CC(C)(C)OC(=O)N1CC[C@@H](C(=O)O)C[C@H]1C(=O)O. The Hall–Kier alpha value is -1.79. The minimum absolute atomic E-state index is 0.0723. The molecule has 0 unspecified atom stereocenters. The molecule has 108 valence electrons. The van der Waals surface area contributed by atoms with Crippen LogP contribution in [0.1, 0.15) is 33.6 Å². The standard InChI is InChI=1S/C12H19NO6/c1-12(2,3)19-11(18)13-5-4-7(9(14)15)6-8(13)10(16)17/h7-8H,4-6H2,1-3H3,(H,14,15)(H,16,17)/t7-,8+/m1/s1. The first-order valence-corrected chi connectivity index (χ1v) is 6.07. The zero-order valence-electron chi connectivity index (χ0n) is 11.3. The third kappa shape index (κ3) is 4.11. The van der Waals surface area contributed by atoms with E-state index >= 15 is 0 Å². The molecular formula is C12H19NO6. The summed E-state index contributed by atoms with van der Waals surface area (Å²) >= 11 is 0. The van der Waals surface area contributed by atoms with E-state index in [1.54, 1.807) is 20.8 Å². The Morgan fingerprint density at radius 1 is 1.16 bits per heavy atom. The van der Waals surface area contributed by atoms with Gasteiger partial charge in [-0.05, 0) is 33.6 Å². The van der Waals surface area contributed by atoms with Crippen LogP contribution in [0.4, 0.5) is 4.79 Å². The van der Waals surface area contributed by atoms with Gasteiger partial charge >= 0.3 is 18.0 Å². The molecular weight excluding hydrogens is 254 g/mol. The fraction of sp³-hybridized carbons (Fsp3) is 0.750. The number of rotatable bonds is 2. The van der Waals surface area contributed by atoms with Crippen LogP contribution in [0.5, 0.6) is 0 Å². The summed E-state index contributed by atoms with van der Waals surface area (Å²) in [6.07, 6.45) is -0.578. The van der Waals surface area contributed by atoms with Crippen molar-refractivity contribution in [2.45, 2.75) is 45.3 Å². The van der Waals surface area contributed by atoms with Gasteiger partial charge in [-0.1, -0.05) is 0 Å². The molecule has 0 saturated carbocycles. The van der Waals surface area contributed by atoms with Crippen LogP contribution in [0.3, 0.4) is 0 Å². The molecule has 0 spiro atoms. The van der Waals surface area contributed by atoms with Crippen molar-refractivity contribution < 1.29 is 29.3 Å². The zero-order chi connectivity index (χ0) is 14.8. The van der Waals surface area contributed by atoms with E-state index in [0.29, 0.717) is 0 Å². The van der Waals surface area contributed by atoms with Crippen LogP contribution in [0.2, 0.25) is 0 Å². The van der Waals surface area contributed by atoms with Crippen LogP contribution in [0.15, 0.2) is 0 Å². The van der Waals surface area contributed by atoms with Gasteiger partial charge in [-0.3, -0.25) is 9.69 Å². The number of carboxylic acids is 2. The van der Waals surface area contributed by atoms with Crippen molar-refractivity contribution >= 4 is 18.0 Å². The number of hydrogen-bond acceptors (Lipinski definition) is 4. The van der Waals surface area contributed by atoms with E-state index in [2.05, 4.69) is 0 Å². The van der Waals surface area contributed by atoms with Crippen LogP contribution in [0, 0.1) is 5.92 Å². The molecule has 1 heterocycles. The lowest BCUT2D eigenvalue weighted by Gasteiger charge is -2.36. The van der Waals surface area contributed by atoms with Crippen LogP contribution >= 0.6 is 0 Å². The van der Waals surface area contributed by atoms with Gasteiger partial charge in [0, 0.05) is 6.54 Å². The first kappa shape index (κ1) is 15.3. The van der Waals surface area contributed by atoms with Gasteiger partial charge in [0.15, 0.2) is 0 Å². The second-order valence-electron chi connectivity index (χ2n) is 5.59. The largest absolute Gasteiger partial charge is 0.481 e. The Kier molecular flexibility index (Phi) is 4.39. The van der Waals surface area contributed by atoms with E-state index in [1.807, 2.05) is 0 Å². The molecule has 1 aliphatic rings. The summed E-state index contributed by atoms with van der Waals surface area (Å²) in [6.45, 7) is 5.13. The van der Waals surface area contributed by atoms with Gasteiger partial charge in [0.2, 0.25) is 0 Å². The quantitative estimate of drug-likeness (QED) is 0.782. The molecule has 0 aromatic rings. The van der Waals surface area contributed by atoms with Gasteiger partial charge in [-0.25, -0.2) is 9.59 Å². The molecule has 0 aliphatic carbocycles. The Bertz CT molecular complexity index is 386. The molecule has 0 aromatic heterocycles. The van der Waals surface area contributed by atoms with Crippen molar-refractivity contribution in [3.8, 4) is 0 Å². The normalized spacial score (nSPS) is 23.8. The van der Waals surface area contributed by atoms with Gasteiger partial charge in [0.25, 0.3) is 0 Å². The average Bonchev–Trinajstić information content (AvgIpc) is 2.25. The Balaban J connectivity index is 2.80. The highest BCUT2D eigenvalue weighted by atomic mass is 16.6. The summed E-state index contributed by atoms with van der Waals surface area (Å²) in [5, 5.41) is 18.0. The number of hydrogen-bond donors (Lipinski definition) is 2. The van der Waals surface area contributed by atoms with E-state index in [9.17, 15) is 14.4 Å². The number of amides is 1. The molecule has 1 rings (SSSR count). The topological polar surface area (TPSA) is 104 Å². The van der Waals surface area contributed by atoms with Gasteiger partial charge in [-0.2, -0.15) is 0 Å². The second kappa shape index (κ2) is 5.46. The molecule has 1 amide bonds. The maximum atomic E-state index is 11.9. The van der Waals surface area contributed by atoms with E-state index in [-0.39, 0.29) is 19.4 Å². The van der Waals surface area contributed by atoms with Crippen LogP contribution in [-0.4, -0.2) is 51.3 Å². The summed E-state index contributed by atoms with van der Waals surface area (Å²) in [5.74, 6) is -2.98. The number of carbonyl (C=O) groups excluding carboxylic acids is 1. The second-order valence-corrected chi connectivity index (χ2v) is 5.59. The first-order valence-electron chi connectivity index (χ1n) is 6.07. The lowest BCUT2D eigenvalue weighted by Crippen LogP contribution is -2.52. The Morgan fingerprint density at radius 3 is 2.16 bits per heavy atom. The smallest absolute Gasteiger partial charge is 0.411 e. The predicted octanol–water partition coefficient (Wildman–Crippen LogP) is 1.17. The van der Waals surface area contributed by atoms with E-state index in [1.165, 1.54) is 0 Å². The van der Waals surface area contributed by atoms with Gasteiger partial charge in [-0.15, -0.1) is 0 Å². The highest BCUT2D eigenvalue weighted by molar-refractivity contribution is 5.82. The molecule has 0 bridgehead atoms. The number of nitrogens with zero attached hydrogens (tertiary/aromatic N) is 1. The monoisotopic (exact) mass is 273 g/mol. The number of aliphatic carboxylic acids is 2. The molecule has 0 radical (unpaired) electrons. The Labute approximate surface area is 111 Å². The van der Waals surface area contributed by atoms with Crippen molar-refractivity contribution in [2.75, 3.05) is 6.54 Å². The Morgan fingerprint density at radius 2 is 1.74 bits per heavy atom. The minimum atomic E-state index is -1.21. The maximum Gasteiger partial charge on any atom is 0.411 e. The highest BCUT2D eigenvalue weighted by Gasteiger charge is 2.40. The number of piperidine rings is 1. The van der Waals surface area contributed by atoms with Gasteiger partial charge in [0.1, 0.15) is 11.6 Å². The first-order chi connectivity index (χ1) is 8.61. The summed E-state index contributed by atoms with van der Waals surface area (Å²) in [4.78, 5) is 35.0. The average molecular weight is 273 g/mol. The summed E-state index contributed by atoms with van der Waals surface area (Å²) in [7, 11) is 0. The van der Waals surface area contributed by atoms with Crippen molar-refractivity contribution in [3.63, 3.8) is 0 Å². The van der Waals surface area contributed by atoms with Crippen LogP contribution in [-0.2, 0) is 14.3 Å². The van der Waals surface area contributed by atoms with E-state index < -0.39 is 35.6 Å². The van der Waals surface area contributed by atoms with Crippen molar-refractivity contribution in [2.24, 2.45) is 5.92 Å². The lowest BCUT2D eigenvalue weighted by atomic mass is 9.91. The molecule has 1 saturated heterocycles. The predicted molar refractivity (Wildman–Crippen MR) is 64.7 cm³/mol. The minimum Gasteiger partial charge on any atom is -0.481 e. The van der Waals surface area contributed by atoms with Gasteiger partial charge < -0.3 is 14.9 Å².